The highest BCUT2D eigenvalue weighted by molar-refractivity contribution is 7.92. The van der Waals surface area contributed by atoms with E-state index in [1.165, 1.54) is 35.5 Å². The highest BCUT2D eigenvalue weighted by atomic mass is 32.2. The van der Waals surface area contributed by atoms with E-state index in [1.54, 1.807) is 0 Å². The molecule has 1 heterocycles. The smallest absolute Gasteiger partial charge is 0.243 e. The van der Waals surface area contributed by atoms with E-state index in [0.717, 1.165) is 0 Å². The normalized spacial score (nSPS) is 20.7. The Balaban J connectivity index is 2.35. The first-order valence-corrected chi connectivity index (χ1v) is 10.8. The average molecular weight is 359 g/mol. The number of carbonyl (C=O) groups excluding carboxylic acids is 1. The van der Waals surface area contributed by atoms with Crippen molar-refractivity contribution in [2.24, 2.45) is 0 Å². The minimum atomic E-state index is -3.78. The number of Topliss-reactive ketones (excluding diaryl/α,β-unsaturated/α-hetero) is 1. The van der Waals surface area contributed by atoms with Gasteiger partial charge in [-0.2, -0.15) is 4.31 Å². The Morgan fingerprint density at radius 3 is 2.30 bits per heavy atom. The molecule has 2 rings (SSSR count). The molecular formula is C15H21NO5S2. The second-order valence-electron chi connectivity index (χ2n) is 5.75. The minimum absolute atomic E-state index is 0.0245. The van der Waals surface area contributed by atoms with E-state index in [0.29, 0.717) is 18.4 Å². The van der Waals surface area contributed by atoms with Crippen LogP contribution >= 0.6 is 0 Å². The van der Waals surface area contributed by atoms with Gasteiger partial charge in [0.05, 0.1) is 16.4 Å². The first-order chi connectivity index (χ1) is 10.7. The summed E-state index contributed by atoms with van der Waals surface area (Å²) in [5.74, 6) is -0.240. The molecule has 0 N–H and O–H groups in total. The van der Waals surface area contributed by atoms with Crippen LogP contribution in [-0.2, 0) is 19.9 Å². The Bertz CT molecular complexity index is 782. The molecular weight excluding hydrogens is 338 g/mol. The van der Waals surface area contributed by atoms with E-state index in [-0.39, 0.29) is 28.7 Å². The van der Waals surface area contributed by atoms with Crippen LogP contribution < -0.4 is 0 Å². The predicted octanol–water partition coefficient (Wildman–Crippen LogP) is 1.48. The number of sulfonamides is 1. The van der Waals surface area contributed by atoms with Crippen molar-refractivity contribution in [1.82, 2.24) is 4.31 Å². The summed E-state index contributed by atoms with van der Waals surface area (Å²) in [7, 11) is -6.95. The molecule has 6 nitrogen and oxygen atoms in total. The molecule has 0 bridgehead atoms. The Morgan fingerprint density at radius 2 is 1.87 bits per heavy atom. The Morgan fingerprint density at radius 1 is 1.26 bits per heavy atom. The summed E-state index contributed by atoms with van der Waals surface area (Å²) in [5, 5.41) is 0. The molecule has 1 atom stereocenters. The van der Waals surface area contributed by atoms with E-state index < -0.39 is 25.9 Å². The summed E-state index contributed by atoms with van der Waals surface area (Å²) >= 11 is 0. The first-order valence-electron chi connectivity index (χ1n) is 7.50. The summed E-state index contributed by atoms with van der Waals surface area (Å²) < 4.78 is 50.3. The van der Waals surface area contributed by atoms with Gasteiger partial charge >= 0.3 is 0 Å². The van der Waals surface area contributed by atoms with Gasteiger partial charge in [0, 0.05) is 18.2 Å². The molecule has 0 aliphatic carbocycles. The molecule has 1 saturated heterocycles. The summed E-state index contributed by atoms with van der Waals surface area (Å²) in [4.78, 5) is 11.4. The molecule has 0 amide bonds. The van der Waals surface area contributed by atoms with Crippen molar-refractivity contribution in [2.75, 3.05) is 18.1 Å². The van der Waals surface area contributed by atoms with Gasteiger partial charge in [0.15, 0.2) is 15.6 Å². The molecule has 1 aliphatic rings. The van der Waals surface area contributed by atoms with Crippen molar-refractivity contribution in [2.45, 2.75) is 37.6 Å². The second-order valence-corrected chi connectivity index (χ2v) is 9.87. The number of rotatable bonds is 6. The third kappa shape index (κ3) is 3.99. The molecule has 1 fully saturated rings. The van der Waals surface area contributed by atoms with Gasteiger partial charge in [0.1, 0.15) is 0 Å². The van der Waals surface area contributed by atoms with E-state index in [9.17, 15) is 21.6 Å². The summed E-state index contributed by atoms with van der Waals surface area (Å²) in [6.07, 6.45) is 0.925. The van der Waals surface area contributed by atoms with Gasteiger partial charge < -0.3 is 0 Å². The molecule has 128 valence electrons. The molecule has 1 aliphatic heterocycles. The maximum atomic E-state index is 12.8. The molecule has 0 radical (unpaired) electrons. The zero-order chi connectivity index (χ0) is 17.3. The van der Waals surface area contributed by atoms with Crippen molar-refractivity contribution in [3.8, 4) is 0 Å². The monoisotopic (exact) mass is 359 g/mol. The maximum absolute atomic E-state index is 12.8. The highest BCUT2D eigenvalue weighted by Gasteiger charge is 2.38. The summed E-state index contributed by atoms with van der Waals surface area (Å²) in [6, 6.07) is 5.24. The quantitative estimate of drug-likeness (QED) is 0.718. The van der Waals surface area contributed by atoms with Crippen molar-refractivity contribution in [3.05, 3.63) is 29.8 Å². The first kappa shape index (κ1) is 18.1. The number of nitrogens with zero attached hydrogens (tertiary/aromatic N) is 1. The molecule has 23 heavy (non-hydrogen) atoms. The van der Waals surface area contributed by atoms with Gasteiger partial charge in [-0.1, -0.05) is 19.1 Å². The van der Waals surface area contributed by atoms with Crippen LogP contribution in [0.3, 0.4) is 0 Å². The van der Waals surface area contributed by atoms with Gasteiger partial charge in [-0.25, -0.2) is 16.8 Å². The predicted molar refractivity (Wildman–Crippen MR) is 87.7 cm³/mol. The Labute approximate surface area is 137 Å². The van der Waals surface area contributed by atoms with E-state index in [2.05, 4.69) is 0 Å². The molecule has 1 aromatic carbocycles. The SMILES string of the molecule is CCCN([C@@H]1CCS(=O)(=O)C1)S(=O)(=O)c1ccc(C(C)=O)cc1. The number of hydrogen-bond acceptors (Lipinski definition) is 5. The average Bonchev–Trinajstić information content (AvgIpc) is 2.84. The lowest BCUT2D eigenvalue weighted by molar-refractivity contribution is 0.101. The van der Waals surface area contributed by atoms with Crippen molar-refractivity contribution >= 4 is 25.6 Å². The number of hydrogen-bond donors (Lipinski definition) is 0. The lowest BCUT2D eigenvalue weighted by atomic mass is 10.2. The van der Waals surface area contributed by atoms with Crippen molar-refractivity contribution in [1.29, 1.82) is 0 Å². The fraction of sp³-hybridized carbons (Fsp3) is 0.533. The maximum Gasteiger partial charge on any atom is 0.243 e. The number of carbonyl (C=O) groups is 1. The lowest BCUT2D eigenvalue weighted by Crippen LogP contribution is -2.41. The van der Waals surface area contributed by atoms with Crippen LogP contribution in [0.1, 0.15) is 37.0 Å². The van der Waals surface area contributed by atoms with Gasteiger partial charge in [-0.05, 0) is 31.9 Å². The van der Waals surface area contributed by atoms with Crippen LogP contribution in [0.25, 0.3) is 0 Å². The van der Waals surface area contributed by atoms with Crippen LogP contribution in [-0.4, -0.2) is 51.0 Å². The topological polar surface area (TPSA) is 88.6 Å². The Hall–Kier alpha value is -1.25. The minimum Gasteiger partial charge on any atom is -0.295 e. The van der Waals surface area contributed by atoms with Gasteiger partial charge in [0.25, 0.3) is 0 Å². The van der Waals surface area contributed by atoms with Crippen LogP contribution in [0.15, 0.2) is 29.2 Å². The van der Waals surface area contributed by atoms with E-state index >= 15 is 0 Å². The molecule has 8 heteroatoms. The molecule has 0 saturated carbocycles. The van der Waals surface area contributed by atoms with E-state index in [1.807, 2.05) is 6.92 Å². The van der Waals surface area contributed by atoms with E-state index in [4.69, 9.17) is 0 Å². The molecule has 0 aromatic heterocycles. The zero-order valence-electron chi connectivity index (χ0n) is 13.2. The lowest BCUT2D eigenvalue weighted by Gasteiger charge is -2.27. The zero-order valence-corrected chi connectivity index (χ0v) is 14.9. The number of benzene rings is 1. The fourth-order valence-corrected chi connectivity index (χ4v) is 6.29. The van der Waals surface area contributed by atoms with Gasteiger partial charge in [-0.15, -0.1) is 0 Å². The van der Waals surface area contributed by atoms with Crippen LogP contribution in [0.2, 0.25) is 0 Å². The third-order valence-electron chi connectivity index (χ3n) is 3.93. The van der Waals surface area contributed by atoms with Crippen LogP contribution in [0.5, 0.6) is 0 Å². The Kier molecular flexibility index (Phi) is 5.27. The summed E-state index contributed by atoms with van der Waals surface area (Å²) in [6.45, 7) is 3.54. The number of ketones is 1. The third-order valence-corrected chi connectivity index (χ3v) is 7.64. The molecule has 1 aromatic rings. The highest BCUT2D eigenvalue weighted by Crippen LogP contribution is 2.25. The second kappa shape index (κ2) is 6.70. The standard InChI is InChI=1S/C15H21NO5S2/c1-3-9-16(14-8-10-22(18,19)11-14)23(20,21)15-6-4-13(5-7-15)12(2)17/h4-7,14H,3,8-11H2,1-2H3/t14-/m1/s1. The number of sulfone groups is 1. The van der Waals surface area contributed by atoms with Gasteiger partial charge in [0.2, 0.25) is 10.0 Å². The molecule has 0 unspecified atom stereocenters. The van der Waals surface area contributed by atoms with Crippen molar-refractivity contribution < 1.29 is 21.6 Å². The summed E-state index contributed by atoms with van der Waals surface area (Å²) in [5.41, 5.74) is 0.439. The largest absolute Gasteiger partial charge is 0.295 e. The fourth-order valence-electron chi connectivity index (χ4n) is 2.72. The molecule has 0 spiro atoms. The van der Waals surface area contributed by atoms with Crippen molar-refractivity contribution in [3.63, 3.8) is 0 Å². The van der Waals surface area contributed by atoms with Gasteiger partial charge in [-0.3, -0.25) is 4.79 Å². The van der Waals surface area contributed by atoms with Crippen LogP contribution in [0.4, 0.5) is 0 Å². The van der Waals surface area contributed by atoms with Crippen LogP contribution in [0, 0.1) is 0 Å².